The highest BCUT2D eigenvalue weighted by molar-refractivity contribution is 6.10. The number of hydrogen-bond donors (Lipinski definition) is 2. The molecule has 0 bridgehead atoms. The van der Waals surface area contributed by atoms with Crippen LogP contribution in [0.4, 0.5) is 13.2 Å². The lowest BCUT2D eigenvalue weighted by Gasteiger charge is -2.28. The van der Waals surface area contributed by atoms with E-state index in [0.29, 0.717) is 6.42 Å². The zero-order chi connectivity index (χ0) is 21.1. The van der Waals surface area contributed by atoms with Gasteiger partial charge in [0.05, 0.1) is 5.57 Å². The Labute approximate surface area is 158 Å². The predicted molar refractivity (Wildman–Crippen MR) is 94.7 cm³/mol. The van der Waals surface area contributed by atoms with Crippen molar-refractivity contribution in [1.82, 2.24) is 0 Å². The number of ether oxygens (including phenoxy) is 1. The molecule has 0 fully saturated rings. The van der Waals surface area contributed by atoms with E-state index in [1.165, 1.54) is 30.3 Å². The van der Waals surface area contributed by atoms with E-state index in [-0.39, 0.29) is 22.5 Å². The molecule has 1 heterocycles. The molecule has 28 heavy (non-hydrogen) atoms. The Morgan fingerprint density at radius 3 is 2.36 bits per heavy atom. The summed E-state index contributed by atoms with van der Waals surface area (Å²) in [5.41, 5.74) is -0.685. The lowest BCUT2D eigenvalue weighted by Crippen LogP contribution is -2.38. The summed E-state index contributed by atoms with van der Waals surface area (Å²) in [7, 11) is 0. The third-order valence-electron chi connectivity index (χ3n) is 3.85. The fourth-order valence-corrected chi connectivity index (χ4v) is 2.52. The Bertz CT molecular complexity index is 889. The lowest BCUT2D eigenvalue weighted by molar-refractivity contribution is -0.199. The molecule has 0 radical (unpaired) electrons. The van der Waals surface area contributed by atoms with Crippen LogP contribution in [0.2, 0.25) is 0 Å². The van der Waals surface area contributed by atoms with Crippen LogP contribution in [-0.2, 0) is 9.53 Å². The van der Waals surface area contributed by atoms with Crippen LogP contribution in [0, 0.1) is 0 Å². The Kier molecular flexibility index (Phi) is 6.12. The Balaban J connectivity index is 2.49. The first kappa shape index (κ1) is 21.0. The number of rotatable bonds is 5. The molecule has 0 aromatic heterocycles. The SMILES string of the molecule is C=C1OC(C(F)(F)F)C(C(=O)O)=C/C1=C/C(=C\CC)C(=O)c1ccc(O)cc1. The van der Waals surface area contributed by atoms with Crippen LogP contribution in [-0.4, -0.2) is 34.2 Å². The van der Waals surface area contributed by atoms with E-state index in [0.717, 1.165) is 6.08 Å². The van der Waals surface area contributed by atoms with Gasteiger partial charge < -0.3 is 14.9 Å². The fourth-order valence-electron chi connectivity index (χ4n) is 2.52. The maximum Gasteiger partial charge on any atom is 0.430 e. The number of Topliss-reactive ketones (excluding diaryl/α,β-unsaturated/α-hetero) is 1. The summed E-state index contributed by atoms with van der Waals surface area (Å²) < 4.78 is 43.8. The third-order valence-corrected chi connectivity index (χ3v) is 3.85. The van der Waals surface area contributed by atoms with Crippen LogP contribution in [0.3, 0.4) is 0 Å². The first-order valence-corrected chi connectivity index (χ1v) is 8.17. The van der Waals surface area contributed by atoms with E-state index >= 15 is 0 Å². The van der Waals surface area contributed by atoms with Crippen molar-refractivity contribution in [2.24, 2.45) is 0 Å². The second kappa shape index (κ2) is 8.16. The molecule has 148 valence electrons. The monoisotopic (exact) mass is 394 g/mol. The first-order valence-electron chi connectivity index (χ1n) is 8.17. The van der Waals surface area contributed by atoms with E-state index in [1.54, 1.807) is 13.0 Å². The maximum absolute atomic E-state index is 13.0. The Morgan fingerprint density at radius 1 is 1.25 bits per heavy atom. The number of aliphatic carboxylic acids is 1. The summed E-state index contributed by atoms with van der Waals surface area (Å²) in [4.78, 5) is 23.9. The molecule has 2 N–H and O–H groups in total. The smallest absolute Gasteiger partial charge is 0.430 e. The van der Waals surface area contributed by atoms with Crippen molar-refractivity contribution in [3.63, 3.8) is 0 Å². The van der Waals surface area contributed by atoms with E-state index < -0.39 is 35.4 Å². The molecule has 1 aromatic carbocycles. The van der Waals surface area contributed by atoms with Gasteiger partial charge in [-0.2, -0.15) is 13.2 Å². The highest BCUT2D eigenvalue weighted by Gasteiger charge is 2.48. The summed E-state index contributed by atoms with van der Waals surface area (Å²) >= 11 is 0. The van der Waals surface area contributed by atoms with Gasteiger partial charge in [0.1, 0.15) is 11.5 Å². The van der Waals surface area contributed by atoms with Crippen LogP contribution >= 0.6 is 0 Å². The van der Waals surface area contributed by atoms with E-state index in [9.17, 15) is 27.9 Å². The number of hydrogen-bond acceptors (Lipinski definition) is 4. The first-order chi connectivity index (χ1) is 13.0. The number of carboxylic acid groups (broad SMARTS) is 1. The number of allylic oxidation sites excluding steroid dienone is 4. The van der Waals surface area contributed by atoms with Gasteiger partial charge in [-0.05, 0) is 42.8 Å². The third kappa shape index (κ3) is 4.70. The summed E-state index contributed by atoms with van der Waals surface area (Å²) in [6.07, 6.45) is -3.54. The van der Waals surface area contributed by atoms with E-state index in [1.807, 2.05) is 0 Å². The molecular weight excluding hydrogens is 377 g/mol. The summed E-state index contributed by atoms with van der Waals surface area (Å²) in [6.45, 7) is 5.17. The number of benzene rings is 1. The van der Waals surface area contributed by atoms with Gasteiger partial charge >= 0.3 is 12.1 Å². The summed E-state index contributed by atoms with van der Waals surface area (Å²) in [6, 6.07) is 5.43. The number of ketones is 1. The van der Waals surface area contributed by atoms with Crippen molar-refractivity contribution in [3.8, 4) is 5.75 Å². The molecule has 2 rings (SSSR count). The molecule has 5 nitrogen and oxygen atoms in total. The van der Waals surface area contributed by atoms with Gasteiger partial charge in [-0.3, -0.25) is 4.79 Å². The Hall–Kier alpha value is -3.29. The number of aromatic hydroxyl groups is 1. The highest BCUT2D eigenvalue weighted by atomic mass is 19.4. The lowest BCUT2D eigenvalue weighted by atomic mass is 9.96. The highest BCUT2D eigenvalue weighted by Crippen LogP contribution is 2.36. The molecule has 0 saturated carbocycles. The predicted octanol–water partition coefficient (Wildman–Crippen LogP) is 4.32. The van der Waals surface area contributed by atoms with Crippen molar-refractivity contribution in [2.75, 3.05) is 0 Å². The minimum absolute atomic E-state index is 0.0304. The molecule has 1 aromatic rings. The molecule has 8 heteroatoms. The normalized spacial score (nSPS) is 19.2. The minimum atomic E-state index is -4.93. The zero-order valence-corrected chi connectivity index (χ0v) is 14.8. The van der Waals surface area contributed by atoms with Crippen molar-refractivity contribution in [1.29, 1.82) is 0 Å². The quantitative estimate of drug-likeness (QED) is 0.574. The van der Waals surface area contributed by atoms with Crippen LogP contribution in [0.1, 0.15) is 23.7 Å². The van der Waals surface area contributed by atoms with Crippen LogP contribution in [0.25, 0.3) is 0 Å². The second-order valence-electron chi connectivity index (χ2n) is 5.91. The molecule has 1 atom stereocenters. The molecule has 1 aliphatic rings. The maximum atomic E-state index is 13.0. The molecule has 1 unspecified atom stereocenters. The number of alkyl halides is 3. The standard InChI is InChI=1S/C20H17F3O5/c1-3-4-13(17(25)12-5-7-15(24)8-6-12)9-14-10-16(19(26)27)18(20(21,22)23)28-11(14)2/h4-10,18,24H,2-3H2,1H3,(H,26,27)/b13-4+,14-9-. The summed E-state index contributed by atoms with van der Waals surface area (Å²) in [5, 5.41) is 18.4. The molecule has 0 aliphatic carbocycles. The van der Waals surface area contributed by atoms with Crippen molar-refractivity contribution < 1.29 is 37.7 Å². The zero-order valence-electron chi connectivity index (χ0n) is 14.8. The number of phenolic OH excluding ortho intramolecular Hbond substituents is 1. The second-order valence-corrected chi connectivity index (χ2v) is 5.91. The fraction of sp³-hybridized carbons (Fsp3) is 0.200. The van der Waals surface area contributed by atoms with Gasteiger partial charge in [0.2, 0.25) is 6.10 Å². The molecule has 0 saturated heterocycles. The van der Waals surface area contributed by atoms with E-state index in [2.05, 4.69) is 6.58 Å². The molecule has 1 aliphatic heterocycles. The van der Waals surface area contributed by atoms with Gasteiger partial charge in [0, 0.05) is 16.7 Å². The minimum Gasteiger partial charge on any atom is -0.508 e. The van der Waals surface area contributed by atoms with Gasteiger partial charge in [-0.1, -0.05) is 19.6 Å². The number of halogens is 3. The van der Waals surface area contributed by atoms with Gasteiger partial charge in [-0.25, -0.2) is 4.79 Å². The average Bonchev–Trinajstić information content (AvgIpc) is 2.61. The number of phenols is 1. The van der Waals surface area contributed by atoms with Crippen LogP contribution < -0.4 is 0 Å². The largest absolute Gasteiger partial charge is 0.508 e. The van der Waals surface area contributed by atoms with Crippen LogP contribution in [0.5, 0.6) is 5.75 Å². The van der Waals surface area contributed by atoms with Gasteiger partial charge in [0.15, 0.2) is 5.78 Å². The average molecular weight is 394 g/mol. The molecular formula is C20H17F3O5. The number of carbonyl (C=O) groups is 2. The van der Waals surface area contributed by atoms with Gasteiger partial charge in [0.25, 0.3) is 0 Å². The Morgan fingerprint density at radius 2 is 1.86 bits per heavy atom. The summed E-state index contributed by atoms with van der Waals surface area (Å²) in [5.74, 6) is -2.66. The van der Waals surface area contributed by atoms with E-state index in [4.69, 9.17) is 9.84 Å². The number of carbonyl (C=O) groups excluding carboxylic acids is 1. The topological polar surface area (TPSA) is 83.8 Å². The van der Waals surface area contributed by atoms with Crippen LogP contribution in [0.15, 0.2) is 71.6 Å². The van der Waals surface area contributed by atoms with Crippen molar-refractivity contribution in [3.05, 3.63) is 77.1 Å². The molecule has 0 spiro atoms. The van der Waals surface area contributed by atoms with Gasteiger partial charge in [-0.15, -0.1) is 0 Å². The number of carboxylic acids is 1. The molecule has 0 amide bonds. The van der Waals surface area contributed by atoms with Crippen molar-refractivity contribution in [2.45, 2.75) is 25.6 Å². The van der Waals surface area contributed by atoms with Crippen molar-refractivity contribution >= 4 is 11.8 Å².